The number of hydroxylamine groups is 1. The minimum atomic E-state index is -2.08. The van der Waals surface area contributed by atoms with E-state index in [-0.39, 0.29) is 29.7 Å². The monoisotopic (exact) mass is 367 g/mol. The van der Waals surface area contributed by atoms with E-state index < -0.39 is 26.1 Å². The molecule has 8 heteroatoms. The minimum Gasteiger partial charge on any atom is -0.469 e. The van der Waals surface area contributed by atoms with Gasteiger partial charge in [0.25, 0.3) is 6.85 Å². The number of hydrogen-bond donors (Lipinski definition) is 0. The Morgan fingerprint density at radius 3 is 2.04 bits per heavy atom. The molecule has 4 unspecified atom stereocenters. The van der Waals surface area contributed by atoms with Crippen LogP contribution in [0.2, 0.25) is 30.8 Å². The van der Waals surface area contributed by atoms with Gasteiger partial charge in [-0.1, -0.05) is 39.7 Å². The highest BCUT2D eigenvalue weighted by Crippen LogP contribution is 2.48. The van der Waals surface area contributed by atoms with E-state index in [9.17, 15) is 9.59 Å². The summed E-state index contributed by atoms with van der Waals surface area (Å²) >= 11 is 0. The molecule has 0 N–H and O–H groups in total. The van der Waals surface area contributed by atoms with E-state index in [1.165, 1.54) is 14.2 Å². The summed E-state index contributed by atoms with van der Waals surface area (Å²) in [5, 5.41) is 0.0373. The number of carbonyl (C=O) groups is 2. The summed E-state index contributed by atoms with van der Waals surface area (Å²) in [6.07, 6.45) is 3.99. The predicted octanol–water partition coefficient (Wildman–Crippen LogP) is 2.75. The van der Waals surface area contributed by atoms with Crippen LogP contribution >= 0.6 is 0 Å². The second-order valence-electron chi connectivity index (χ2n) is 8.50. The van der Waals surface area contributed by atoms with E-state index in [0.717, 1.165) is 0 Å². The molecule has 0 saturated carbocycles. The van der Waals surface area contributed by atoms with Crippen LogP contribution in [-0.4, -0.2) is 52.3 Å². The molecule has 0 amide bonds. The molecule has 3 rings (SSSR count). The van der Waals surface area contributed by atoms with Gasteiger partial charge in [-0.05, 0) is 23.9 Å². The van der Waals surface area contributed by atoms with Crippen molar-refractivity contribution in [3.8, 4) is 0 Å². The summed E-state index contributed by atoms with van der Waals surface area (Å²) in [5.74, 6) is -2.07. The standard InChI is InChI=1S/C17H30BNO5Si/c1-17(2,3)25(7,8)24-19-12-10-9-11(18(19)4)13(15(20)22-5)14(12)16(21)23-6/h9-14H,1-8H3. The Kier molecular flexibility index (Phi) is 5.56. The smallest absolute Gasteiger partial charge is 0.311 e. The van der Waals surface area contributed by atoms with E-state index in [0.29, 0.717) is 0 Å². The molecule has 2 aliphatic heterocycles. The number of nitrogens with zero attached hydrogens (tertiary/aromatic N) is 1. The van der Waals surface area contributed by atoms with E-state index >= 15 is 0 Å². The molecule has 1 saturated heterocycles. The van der Waals surface area contributed by atoms with Crippen LogP contribution in [0.25, 0.3) is 0 Å². The van der Waals surface area contributed by atoms with Gasteiger partial charge in [0.05, 0.1) is 32.1 Å². The molecule has 140 valence electrons. The van der Waals surface area contributed by atoms with Gasteiger partial charge < -0.3 is 14.0 Å². The first-order valence-electron chi connectivity index (χ1n) is 8.77. The number of fused-ring (bicyclic) bond motifs is 2. The highest BCUT2D eigenvalue weighted by atomic mass is 28.4. The van der Waals surface area contributed by atoms with Crippen molar-refractivity contribution < 1.29 is 23.6 Å². The van der Waals surface area contributed by atoms with Crippen molar-refractivity contribution in [3.05, 3.63) is 12.2 Å². The normalized spacial score (nSPS) is 29.7. The maximum absolute atomic E-state index is 12.5. The summed E-state index contributed by atoms with van der Waals surface area (Å²) in [5.41, 5.74) is 0. The molecule has 0 spiro atoms. The Balaban J connectivity index is 2.40. The molecular formula is C17H30BNO5Si. The Labute approximate surface area is 152 Å². The highest BCUT2D eigenvalue weighted by molar-refractivity contribution is 6.74. The zero-order valence-electron chi connectivity index (χ0n) is 16.5. The van der Waals surface area contributed by atoms with Gasteiger partial charge in [0, 0.05) is 0 Å². The fraction of sp³-hybridized carbons (Fsp3) is 0.765. The van der Waals surface area contributed by atoms with Crippen LogP contribution in [0.1, 0.15) is 20.8 Å². The molecule has 0 aromatic carbocycles. The van der Waals surface area contributed by atoms with Gasteiger partial charge in [-0.3, -0.25) is 9.59 Å². The van der Waals surface area contributed by atoms with Gasteiger partial charge in [0.2, 0.25) is 8.32 Å². The van der Waals surface area contributed by atoms with Gasteiger partial charge in [-0.25, -0.2) is 4.97 Å². The fourth-order valence-electron chi connectivity index (χ4n) is 3.48. The Morgan fingerprint density at radius 2 is 1.56 bits per heavy atom. The van der Waals surface area contributed by atoms with E-state index in [1.807, 2.05) is 23.9 Å². The Morgan fingerprint density at radius 1 is 1.04 bits per heavy atom. The summed E-state index contributed by atoms with van der Waals surface area (Å²) in [6, 6.07) is -0.328. The second kappa shape index (κ2) is 6.89. The van der Waals surface area contributed by atoms with Crippen molar-refractivity contribution in [2.45, 2.75) is 57.6 Å². The first-order valence-corrected chi connectivity index (χ1v) is 11.7. The third kappa shape index (κ3) is 3.44. The fourth-order valence-corrected chi connectivity index (χ4v) is 4.57. The third-order valence-corrected chi connectivity index (χ3v) is 10.3. The van der Waals surface area contributed by atoms with Crippen molar-refractivity contribution in [3.63, 3.8) is 0 Å². The number of esters is 2. The zero-order chi connectivity index (χ0) is 19.2. The van der Waals surface area contributed by atoms with Crippen LogP contribution in [-0.2, 0) is 23.6 Å². The molecule has 6 nitrogen and oxygen atoms in total. The summed E-state index contributed by atoms with van der Waals surface area (Å²) in [6.45, 7) is 12.9. The molecule has 0 radical (unpaired) electrons. The summed E-state index contributed by atoms with van der Waals surface area (Å²) in [4.78, 5) is 26.8. The molecule has 4 atom stereocenters. The highest BCUT2D eigenvalue weighted by Gasteiger charge is 2.58. The summed E-state index contributed by atoms with van der Waals surface area (Å²) in [7, 11) is 0.631. The van der Waals surface area contributed by atoms with Crippen molar-refractivity contribution in [2.75, 3.05) is 14.2 Å². The molecule has 1 fully saturated rings. The maximum atomic E-state index is 12.5. The quantitative estimate of drug-likeness (QED) is 0.433. The van der Waals surface area contributed by atoms with Crippen molar-refractivity contribution >= 4 is 27.1 Å². The number of hydrogen-bond acceptors (Lipinski definition) is 6. The van der Waals surface area contributed by atoms with Crippen LogP contribution in [0.5, 0.6) is 0 Å². The minimum absolute atomic E-state index is 0.0193. The van der Waals surface area contributed by atoms with E-state index in [1.54, 1.807) is 0 Å². The molecule has 2 bridgehead atoms. The average Bonchev–Trinajstić information content (AvgIpc) is 2.54. The predicted molar refractivity (Wildman–Crippen MR) is 99.4 cm³/mol. The first kappa shape index (κ1) is 20.2. The van der Waals surface area contributed by atoms with E-state index in [4.69, 9.17) is 14.0 Å². The molecule has 3 aliphatic rings. The molecule has 2 heterocycles. The van der Waals surface area contributed by atoms with Crippen molar-refractivity contribution in [1.82, 2.24) is 4.97 Å². The van der Waals surface area contributed by atoms with Gasteiger partial charge in [-0.2, -0.15) is 0 Å². The van der Waals surface area contributed by atoms with Gasteiger partial charge in [0.15, 0.2) is 0 Å². The number of methoxy groups -OCH3 is 2. The molecule has 25 heavy (non-hydrogen) atoms. The number of carbonyl (C=O) groups excluding carboxylic acids is 2. The van der Waals surface area contributed by atoms with Crippen LogP contribution < -0.4 is 0 Å². The van der Waals surface area contributed by atoms with Gasteiger partial charge >= 0.3 is 11.9 Å². The maximum Gasteiger partial charge on any atom is 0.311 e. The summed E-state index contributed by atoms with van der Waals surface area (Å²) < 4.78 is 16.5. The van der Waals surface area contributed by atoms with Crippen LogP contribution in [0.4, 0.5) is 0 Å². The third-order valence-electron chi connectivity index (χ3n) is 6.04. The van der Waals surface area contributed by atoms with E-state index in [2.05, 4.69) is 33.9 Å². The van der Waals surface area contributed by atoms with Gasteiger partial charge in [0.1, 0.15) is 0 Å². The topological polar surface area (TPSA) is 65.1 Å². The van der Waals surface area contributed by atoms with Crippen LogP contribution in [0.3, 0.4) is 0 Å². The number of ether oxygens (including phenoxy) is 2. The largest absolute Gasteiger partial charge is 0.469 e. The van der Waals surface area contributed by atoms with Crippen LogP contribution in [0, 0.1) is 11.8 Å². The second-order valence-corrected chi connectivity index (χ2v) is 13.2. The molecule has 1 aliphatic carbocycles. The SMILES string of the molecule is COC(=O)C1C2C=CC(C1C(=O)OC)N(O[Si](C)(C)C(C)(C)C)B2C. The zero-order valence-corrected chi connectivity index (χ0v) is 17.5. The molecule has 0 aromatic rings. The van der Waals surface area contributed by atoms with Crippen molar-refractivity contribution in [1.29, 1.82) is 0 Å². The molecular weight excluding hydrogens is 337 g/mol. The lowest BCUT2D eigenvalue weighted by molar-refractivity contribution is -0.166. The number of rotatable bonds is 4. The Hall–Kier alpha value is -1.12. The average molecular weight is 367 g/mol. The lowest BCUT2D eigenvalue weighted by Gasteiger charge is -2.54. The Bertz CT molecular complexity index is 574. The van der Waals surface area contributed by atoms with Crippen LogP contribution in [0.15, 0.2) is 12.2 Å². The first-order chi connectivity index (χ1) is 11.5. The van der Waals surface area contributed by atoms with Gasteiger partial charge in [-0.15, -0.1) is 0 Å². The lowest BCUT2D eigenvalue weighted by Crippen LogP contribution is -2.66. The lowest BCUT2D eigenvalue weighted by atomic mass is 9.41. The molecule has 0 aromatic heterocycles. The van der Waals surface area contributed by atoms with Crippen molar-refractivity contribution in [2.24, 2.45) is 11.8 Å². The number of allylic oxidation sites excluding steroid dienone is 1.